The molecule has 0 aliphatic carbocycles. The Morgan fingerprint density at radius 2 is 1.94 bits per heavy atom. The van der Waals surface area contributed by atoms with Gasteiger partial charge in [0.2, 0.25) is 0 Å². The van der Waals surface area contributed by atoms with Crippen molar-refractivity contribution in [2.24, 2.45) is 0 Å². The maximum Gasteiger partial charge on any atom is 0.272 e. The summed E-state index contributed by atoms with van der Waals surface area (Å²) in [6, 6.07) is 20.7. The third-order valence-electron chi connectivity index (χ3n) is 5.04. The van der Waals surface area contributed by atoms with E-state index in [0.717, 1.165) is 28.0 Å². The van der Waals surface area contributed by atoms with Gasteiger partial charge in [-0.2, -0.15) is 0 Å². The molecule has 32 heavy (non-hydrogen) atoms. The third-order valence-corrected chi connectivity index (χ3v) is 5.04. The molecular formula is C25H22N4O3. The zero-order valence-corrected chi connectivity index (χ0v) is 17.5. The molecule has 0 atom stereocenters. The monoisotopic (exact) mass is 426 g/mol. The number of H-pyrrole nitrogens is 1. The predicted octanol–water partition coefficient (Wildman–Crippen LogP) is 5.05. The second-order valence-corrected chi connectivity index (χ2v) is 7.33. The average molecular weight is 426 g/mol. The highest BCUT2D eigenvalue weighted by atomic mass is 16.5. The standard InChI is InChI=1S/C25H22N4O3/c1-2-31-21-10-9-17-12-23(28-22(17)14-21)25(30)27-18-6-5-7-20(13-18)32-16-19-15-29-11-4-3-8-24(29)26-19/h3-15,28H,2,16H2,1H3,(H,27,30). The minimum atomic E-state index is -0.225. The van der Waals surface area contributed by atoms with Crippen molar-refractivity contribution in [3.05, 3.63) is 90.5 Å². The lowest BCUT2D eigenvalue weighted by Gasteiger charge is -2.08. The highest BCUT2D eigenvalue weighted by Gasteiger charge is 2.11. The minimum Gasteiger partial charge on any atom is -0.494 e. The summed E-state index contributed by atoms with van der Waals surface area (Å²) in [7, 11) is 0. The lowest BCUT2D eigenvalue weighted by Crippen LogP contribution is -2.12. The van der Waals surface area contributed by atoms with Crippen LogP contribution >= 0.6 is 0 Å². The number of nitrogens with one attached hydrogen (secondary N) is 2. The number of hydrogen-bond acceptors (Lipinski definition) is 4. The van der Waals surface area contributed by atoms with Crippen molar-refractivity contribution in [3.8, 4) is 11.5 Å². The van der Waals surface area contributed by atoms with Gasteiger partial charge in [-0.25, -0.2) is 4.98 Å². The number of hydrogen-bond donors (Lipinski definition) is 2. The van der Waals surface area contributed by atoms with Crippen molar-refractivity contribution in [1.29, 1.82) is 0 Å². The number of pyridine rings is 1. The topological polar surface area (TPSA) is 80.7 Å². The molecule has 0 saturated carbocycles. The van der Waals surface area contributed by atoms with Gasteiger partial charge >= 0.3 is 0 Å². The van der Waals surface area contributed by atoms with Gasteiger partial charge in [-0.1, -0.05) is 12.1 Å². The molecule has 0 aliphatic heterocycles. The number of imidazole rings is 1. The smallest absolute Gasteiger partial charge is 0.272 e. The number of carbonyl (C=O) groups is 1. The Balaban J connectivity index is 1.26. The van der Waals surface area contributed by atoms with E-state index in [0.29, 0.717) is 30.3 Å². The van der Waals surface area contributed by atoms with Crippen LogP contribution in [0.5, 0.6) is 11.5 Å². The highest BCUT2D eigenvalue weighted by molar-refractivity contribution is 6.06. The summed E-state index contributed by atoms with van der Waals surface area (Å²) in [5.74, 6) is 1.19. The van der Waals surface area contributed by atoms with Crippen LogP contribution in [0.25, 0.3) is 16.6 Å². The highest BCUT2D eigenvalue weighted by Crippen LogP contribution is 2.23. The fraction of sp³-hybridized carbons (Fsp3) is 0.120. The largest absolute Gasteiger partial charge is 0.494 e. The molecular weight excluding hydrogens is 404 g/mol. The predicted molar refractivity (Wildman–Crippen MR) is 123 cm³/mol. The summed E-state index contributed by atoms with van der Waals surface area (Å²) in [4.78, 5) is 20.4. The van der Waals surface area contributed by atoms with Crippen LogP contribution in [-0.4, -0.2) is 26.9 Å². The van der Waals surface area contributed by atoms with Crippen LogP contribution in [0.3, 0.4) is 0 Å². The molecule has 0 saturated heterocycles. The average Bonchev–Trinajstić information content (AvgIpc) is 3.42. The number of aromatic nitrogens is 3. The van der Waals surface area contributed by atoms with E-state index in [4.69, 9.17) is 9.47 Å². The van der Waals surface area contributed by atoms with Gasteiger partial charge in [0.15, 0.2) is 0 Å². The van der Waals surface area contributed by atoms with Crippen LogP contribution in [0.15, 0.2) is 79.1 Å². The summed E-state index contributed by atoms with van der Waals surface area (Å²) >= 11 is 0. The van der Waals surface area contributed by atoms with Gasteiger partial charge in [-0.3, -0.25) is 4.79 Å². The Kier molecular flexibility index (Phi) is 5.21. The molecule has 0 bridgehead atoms. The fourth-order valence-corrected chi connectivity index (χ4v) is 3.56. The second kappa shape index (κ2) is 8.47. The first-order valence-corrected chi connectivity index (χ1v) is 10.4. The second-order valence-electron chi connectivity index (χ2n) is 7.33. The molecule has 7 heteroatoms. The first-order valence-electron chi connectivity index (χ1n) is 10.4. The Bertz CT molecular complexity index is 1370. The third kappa shape index (κ3) is 4.13. The molecule has 0 fully saturated rings. The Labute approximate surface area is 184 Å². The number of amides is 1. The van der Waals surface area contributed by atoms with Crippen LogP contribution in [0, 0.1) is 0 Å². The number of anilines is 1. The molecule has 7 nitrogen and oxygen atoms in total. The Morgan fingerprint density at radius 1 is 1.03 bits per heavy atom. The SMILES string of the molecule is CCOc1ccc2cc(C(=O)Nc3cccc(OCc4cn5ccccc5n4)c3)[nH]c2c1. The summed E-state index contributed by atoms with van der Waals surface area (Å²) < 4.78 is 13.4. The van der Waals surface area contributed by atoms with E-state index in [-0.39, 0.29) is 5.91 Å². The van der Waals surface area contributed by atoms with Crippen molar-refractivity contribution in [3.63, 3.8) is 0 Å². The summed E-state index contributed by atoms with van der Waals surface area (Å²) in [5, 5.41) is 3.87. The van der Waals surface area contributed by atoms with Crippen molar-refractivity contribution < 1.29 is 14.3 Å². The molecule has 0 spiro atoms. The molecule has 3 heterocycles. The first-order chi connectivity index (χ1) is 15.7. The van der Waals surface area contributed by atoms with Crippen molar-refractivity contribution in [2.45, 2.75) is 13.5 Å². The zero-order valence-electron chi connectivity index (χ0n) is 17.5. The Morgan fingerprint density at radius 3 is 2.81 bits per heavy atom. The van der Waals surface area contributed by atoms with E-state index in [1.807, 2.05) is 84.4 Å². The number of nitrogens with zero attached hydrogens (tertiary/aromatic N) is 2. The number of aromatic amines is 1. The number of ether oxygens (including phenoxy) is 2. The van der Waals surface area contributed by atoms with Crippen molar-refractivity contribution >= 4 is 28.1 Å². The van der Waals surface area contributed by atoms with Gasteiger partial charge in [-0.15, -0.1) is 0 Å². The van der Waals surface area contributed by atoms with E-state index >= 15 is 0 Å². The van der Waals surface area contributed by atoms with Gasteiger partial charge in [0.05, 0.1) is 12.3 Å². The lowest BCUT2D eigenvalue weighted by atomic mass is 10.2. The Hall–Kier alpha value is -4.26. The normalized spacial score (nSPS) is 11.0. The molecule has 0 unspecified atom stereocenters. The maximum atomic E-state index is 12.8. The minimum absolute atomic E-state index is 0.225. The van der Waals surface area contributed by atoms with Crippen LogP contribution < -0.4 is 14.8 Å². The van der Waals surface area contributed by atoms with E-state index in [1.54, 1.807) is 6.07 Å². The summed E-state index contributed by atoms with van der Waals surface area (Å²) in [6.45, 7) is 2.87. The van der Waals surface area contributed by atoms with E-state index in [9.17, 15) is 4.79 Å². The molecule has 3 aromatic heterocycles. The molecule has 1 amide bonds. The van der Waals surface area contributed by atoms with Crippen LogP contribution in [0.4, 0.5) is 5.69 Å². The van der Waals surface area contributed by atoms with Gasteiger partial charge < -0.3 is 24.2 Å². The van der Waals surface area contributed by atoms with E-state index < -0.39 is 0 Å². The van der Waals surface area contributed by atoms with Gasteiger partial charge in [-0.05, 0) is 49.4 Å². The van der Waals surface area contributed by atoms with Crippen LogP contribution in [0.2, 0.25) is 0 Å². The molecule has 160 valence electrons. The van der Waals surface area contributed by atoms with Crippen LogP contribution in [-0.2, 0) is 6.61 Å². The van der Waals surface area contributed by atoms with E-state index in [2.05, 4.69) is 15.3 Å². The molecule has 0 radical (unpaired) electrons. The number of benzene rings is 2. The molecule has 5 aromatic rings. The first kappa shape index (κ1) is 19.7. The number of fused-ring (bicyclic) bond motifs is 2. The van der Waals surface area contributed by atoms with E-state index in [1.165, 1.54) is 0 Å². The summed E-state index contributed by atoms with van der Waals surface area (Å²) in [6.07, 6.45) is 3.89. The summed E-state index contributed by atoms with van der Waals surface area (Å²) in [5.41, 5.74) is 3.68. The van der Waals surface area contributed by atoms with Crippen LogP contribution in [0.1, 0.15) is 23.1 Å². The van der Waals surface area contributed by atoms with Gasteiger partial charge in [0.1, 0.15) is 29.4 Å². The molecule has 0 aliphatic rings. The molecule has 2 N–H and O–H groups in total. The van der Waals surface area contributed by atoms with Crippen molar-refractivity contribution in [1.82, 2.24) is 14.4 Å². The van der Waals surface area contributed by atoms with Gasteiger partial charge in [0, 0.05) is 41.1 Å². The molecule has 5 rings (SSSR count). The number of rotatable bonds is 7. The lowest BCUT2D eigenvalue weighted by molar-refractivity contribution is 0.102. The fourth-order valence-electron chi connectivity index (χ4n) is 3.56. The quantitative estimate of drug-likeness (QED) is 0.382. The van der Waals surface area contributed by atoms with Gasteiger partial charge in [0.25, 0.3) is 5.91 Å². The number of carbonyl (C=O) groups excluding carboxylic acids is 1. The zero-order chi connectivity index (χ0) is 21.9. The van der Waals surface area contributed by atoms with Crippen molar-refractivity contribution in [2.75, 3.05) is 11.9 Å². The maximum absolute atomic E-state index is 12.8. The molecule has 2 aromatic carbocycles.